The fourth-order valence-electron chi connectivity index (χ4n) is 1.14. The number of aliphatic hydroxyl groups excluding tert-OH is 2. The normalized spacial score (nSPS) is 14.4. The molecule has 2 N–H and O–H groups in total. The van der Waals surface area contributed by atoms with Crippen LogP contribution < -0.4 is 0 Å². The Labute approximate surface area is 101 Å². The van der Waals surface area contributed by atoms with E-state index in [2.05, 4.69) is 4.98 Å². The third kappa shape index (κ3) is 4.03. The van der Waals surface area contributed by atoms with Gasteiger partial charge in [0.25, 0.3) is 0 Å². The number of nitrogens with zero attached hydrogens (tertiary/aromatic N) is 1. The van der Waals surface area contributed by atoms with Crippen LogP contribution in [0.25, 0.3) is 0 Å². The van der Waals surface area contributed by atoms with Crippen molar-refractivity contribution >= 4 is 16.9 Å². The summed E-state index contributed by atoms with van der Waals surface area (Å²) in [6.45, 7) is 1.31. The summed E-state index contributed by atoms with van der Waals surface area (Å²) in [5.74, 6) is -2.26. The Bertz CT molecular complexity index is 417. The lowest BCUT2D eigenvalue weighted by molar-refractivity contribution is -0.109. The second-order valence-corrected chi connectivity index (χ2v) is 4.53. The molecule has 0 saturated carbocycles. The minimum atomic E-state index is -1.55. The maximum Gasteiger partial charge on any atom is 0.221 e. The standard InChI is InChI=1S/C10H11F2NO3S/c1-5(14)17-4-7(15)9(16)6-2-3-8(11)13-10(6)12/h2-3,7,9,15-16H,4H2,1H3. The monoisotopic (exact) mass is 263 g/mol. The smallest absolute Gasteiger partial charge is 0.221 e. The van der Waals surface area contributed by atoms with Crippen molar-refractivity contribution in [3.8, 4) is 0 Å². The van der Waals surface area contributed by atoms with Crippen molar-refractivity contribution in [3.63, 3.8) is 0 Å². The van der Waals surface area contributed by atoms with Crippen molar-refractivity contribution in [2.75, 3.05) is 5.75 Å². The summed E-state index contributed by atoms with van der Waals surface area (Å²) in [7, 11) is 0. The van der Waals surface area contributed by atoms with Gasteiger partial charge >= 0.3 is 0 Å². The summed E-state index contributed by atoms with van der Waals surface area (Å²) < 4.78 is 25.7. The SMILES string of the molecule is CC(=O)SCC(O)C(O)c1ccc(F)nc1F. The molecule has 0 aromatic carbocycles. The Morgan fingerprint density at radius 1 is 1.47 bits per heavy atom. The topological polar surface area (TPSA) is 70.4 Å². The van der Waals surface area contributed by atoms with Gasteiger partial charge in [0, 0.05) is 18.2 Å². The first-order valence-electron chi connectivity index (χ1n) is 4.73. The Morgan fingerprint density at radius 3 is 2.65 bits per heavy atom. The van der Waals surface area contributed by atoms with Crippen LogP contribution in [0.5, 0.6) is 0 Å². The average molecular weight is 263 g/mol. The number of aliphatic hydroxyl groups is 2. The first kappa shape index (κ1) is 14.0. The van der Waals surface area contributed by atoms with Gasteiger partial charge in [0.15, 0.2) is 5.12 Å². The summed E-state index contributed by atoms with van der Waals surface area (Å²) >= 11 is 0.806. The molecule has 0 aliphatic rings. The van der Waals surface area contributed by atoms with Crippen LogP contribution in [0.15, 0.2) is 12.1 Å². The number of hydrogen-bond donors (Lipinski definition) is 2. The summed E-state index contributed by atoms with van der Waals surface area (Å²) in [4.78, 5) is 13.5. The number of carbonyl (C=O) groups is 1. The third-order valence-electron chi connectivity index (χ3n) is 1.98. The van der Waals surface area contributed by atoms with Crippen LogP contribution in [0.2, 0.25) is 0 Å². The fraction of sp³-hybridized carbons (Fsp3) is 0.400. The van der Waals surface area contributed by atoms with Gasteiger partial charge in [0.1, 0.15) is 6.10 Å². The van der Waals surface area contributed by atoms with Gasteiger partial charge in [0.05, 0.1) is 6.10 Å². The Balaban J connectivity index is 2.74. The third-order valence-corrected chi connectivity index (χ3v) is 2.90. The minimum Gasteiger partial charge on any atom is -0.389 e. The predicted molar refractivity (Wildman–Crippen MR) is 58.3 cm³/mol. The zero-order valence-electron chi connectivity index (χ0n) is 8.93. The van der Waals surface area contributed by atoms with Gasteiger partial charge in [-0.15, -0.1) is 0 Å². The molecule has 1 rings (SSSR count). The summed E-state index contributed by atoms with van der Waals surface area (Å²) in [6.07, 6.45) is -2.87. The molecule has 17 heavy (non-hydrogen) atoms. The number of halogens is 2. The van der Waals surface area contributed by atoms with Crippen LogP contribution >= 0.6 is 11.8 Å². The molecule has 0 fully saturated rings. The molecule has 0 spiro atoms. The molecule has 4 nitrogen and oxygen atoms in total. The molecule has 7 heteroatoms. The Hall–Kier alpha value is -1.05. The molecule has 1 heterocycles. The van der Waals surface area contributed by atoms with Crippen molar-refractivity contribution < 1.29 is 23.8 Å². The van der Waals surface area contributed by atoms with Crippen LogP contribution in [-0.2, 0) is 4.79 Å². The Kier molecular flexibility index (Phi) is 4.98. The number of rotatable bonds is 4. The van der Waals surface area contributed by atoms with E-state index in [0.29, 0.717) is 0 Å². The van der Waals surface area contributed by atoms with E-state index in [1.165, 1.54) is 6.92 Å². The second kappa shape index (κ2) is 6.04. The van der Waals surface area contributed by atoms with Crippen LogP contribution in [0.3, 0.4) is 0 Å². The lowest BCUT2D eigenvalue weighted by Crippen LogP contribution is -2.22. The lowest BCUT2D eigenvalue weighted by atomic mass is 10.1. The number of aromatic nitrogens is 1. The van der Waals surface area contributed by atoms with Crippen LogP contribution in [0.1, 0.15) is 18.6 Å². The highest BCUT2D eigenvalue weighted by Crippen LogP contribution is 2.21. The van der Waals surface area contributed by atoms with Gasteiger partial charge in [-0.25, -0.2) is 0 Å². The van der Waals surface area contributed by atoms with Gasteiger partial charge in [-0.1, -0.05) is 11.8 Å². The number of pyridine rings is 1. The van der Waals surface area contributed by atoms with Crippen molar-refractivity contribution in [2.45, 2.75) is 19.1 Å². The molecule has 1 aromatic rings. The Morgan fingerprint density at radius 2 is 2.12 bits per heavy atom. The van der Waals surface area contributed by atoms with E-state index in [1.54, 1.807) is 0 Å². The summed E-state index contributed by atoms with van der Waals surface area (Å²) in [5.41, 5.74) is -0.303. The first-order chi connectivity index (χ1) is 7.91. The molecule has 2 unspecified atom stereocenters. The molecule has 0 aliphatic heterocycles. The van der Waals surface area contributed by atoms with Crippen molar-refractivity contribution in [1.82, 2.24) is 4.98 Å². The van der Waals surface area contributed by atoms with Gasteiger partial charge in [-0.2, -0.15) is 13.8 Å². The molecular weight excluding hydrogens is 252 g/mol. The molecule has 1 aromatic heterocycles. The maximum absolute atomic E-state index is 13.2. The molecular formula is C10H11F2NO3S. The maximum atomic E-state index is 13.2. The van der Waals surface area contributed by atoms with Crippen LogP contribution in [0, 0.1) is 11.9 Å². The van der Waals surface area contributed by atoms with E-state index in [0.717, 1.165) is 23.9 Å². The summed E-state index contributed by atoms with van der Waals surface area (Å²) in [5, 5.41) is 18.9. The van der Waals surface area contributed by atoms with Crippen molar-refractivity contribution in [2.24, 2.45) is 0 Å². The highest BCUT2D eigenvalue weighted by Gasteiger charge is 2.23. The second-order valence-electron chi connectivity index (χ2n) is 3.33. The average Bonchev–Trinajstić information content (AvgIpc) is 2.25. The van der Waals surface area contributed by atoms with Gasteiger partial charge in [0.2, 0.25) is 11.9 Å². The minimum absolute atomic E-state index is 0.0761. The van der Waals surface area contributed by atoms with E-state index in [9.17, 15) is 23.8 Å². The lowest BCUT2D eigenvalue weighted by Gasteiger charge is -2.17. The van der Waals surface area contributed by atoms with E-state index in [1.807, 2.05) is 0 Å². The zero-order valence-corrected chi connectivity index (χ0v) is 9.75. The van der Waals surface area contributed by atoms with Crippen molar-refractivity contribution in [1.29, 1.82) is 0 Å². The predicted octanol–water partition coefficient (Wildman–Crippen LogP) is 1.03. The fourth-order valence-corrected chi connectivity index (χ4v) is 1.73. The van der Waals surface area contributed by atoms with Crippen LogP contribution in [-0.4, -0.2) is 32.2 Å². The first-order valence-corrected chi connectivity index (χ1v) is 5.72. The molecule has 0 radical (unpaired) electrons. The molecule has 0 aliphatic carbocycles. The van der Waals surface area contributed by atoms with Gasteiger partial charge in [-0.05, 0) is 12.1 Å². The quantitative estimate of drug-likeness (QED) is 0.794. The van der Waals surface area contributed by atoms with E-state index >= 15 is 0 Å². The molecule has 2 atom stereocenters. The highest BCUT2D eigenvalue weighted by molar-refractivity contribution is 8.13. The van der Waals surface area contributed by atoms with Crippen LogP contribution in [0.4, 0.5) is 8.78 Å². The largest absolute Gasteiger partial charge is 0.389 e. The number of hydrogen-bond acceptors (Lipinski definition) is 5. The van der Waals surface area contributed by atoms with E-state index in [-0.39, 0.29) is 16.4 Å². The number of thioether (sulfide) groups is 1. The van der Waals surface area contributed by atoms with Gasteiger partial charge < -0.3 is 10.2 Å². The van der Waals surface area contributed by atoms with E-state index in [4.69, 9.17) is 0 Å². The zero-order chi connectivity index (χ0) is 13.0. The van der Waals surface area contributed by atoms with Crippen molar-refractivity contribution in [3.05, 3.63) is 29.6 Å². The molecule has 0 saturated heterocycles. The van der Waals surface area contributed by atoms with Gasteiger partial charge in [-0.3, -0.25) is 4.79 Å². The summed E-state index contributed by atoms with van der Waals surface area (Å²) in [6, 6.07) is 1.89. The molecule has 0 bridgehead atoms. The van der Waals surface area contributed by atoms with E-state index < -0.39 is 24.1 Å². The molecule has 0 amide bonds. The highest BCUT2D eigenvalue weighted by atomic mass is 32.2. The number of carbonyl (C=O) groups excluding carboxylic acids is 1. The molecule has 94 valence electrons.